The van der Waals surface area contributed by atoms with E-state index in [1.54, 1.807) is 13.8 Å². The molecule has 0 aromatic carbocycles. The van der Waals surface area contributed by atoms with Crippen LogP contribution in [-0.2, 0) is 54.3 Å². The van der Waals surface area contributed by atoms with Crippen molar-refractivity contribution in [3.05, 3.63) is 46.1 Å². The average Bonchev–Trinajstić information content (AvgIpc) is 3.68. The van der Waals surface area contributed by atoms with Crippen LogP contribution in [-0.4, -0.2) is 55.1 Å². The van der Waals surface area contributed by atoms with Crippen molar-refractivity contribution in [2.45, 2.75) is 157 Å². The number of carbonyl (C=O) groups is 4. The highest BCUT2D eigenvalue weighted by atomic mass is 16.6. The minimum absolute atomic E-state index is 0.117. The molecule has 2 aromatic heterocycles. The maximum absolute atomic E-state index is 12.6. The van der Waals surface area contributed by atoms with Crippen molar-refractivity contribution in [1.82, 2.24) is 20.4 Å². The second-order valence-electron chi connectivity index (χ2n) is 18.2. The van der Waals surface area contributed by atoms with E-state index in [-0.39, 0.29) is 35.3 Å². The fraction of sp³-hybridized carbons (Fsp3) is 0.667. The van der Waals surface area contributed by atoms with Crippen LogP contribution in [0.5, 0.6) is 0 Å². The monoisotopic (exact) mass is 716 g/mol. The van der Waals surface area contributed by atoms with Gasteiger partial charge in [0.1, 0.15) is 22.8 Å². The minimum Gasteiger partial charge on any atom is -0.460 e. The zero-order valence-electron chi connectivity index (χ0n) is 33.1. The molecule has 2 heterocycles. The Morgan fingerprint density at radius 2 is 1.02 bits per heavy atom. The molecule has 4 unspecified atom stereocenters. The number of H-pyrrole nitrogens is 2. The number of fused-ring (bicyclic) bond motifs is 2. The molecule has 6 rings (SSSR count). The summed E-state index contributed by atoms with van der Waals surface area (Å²) >= 11 is 0. The van der Waals surface area contributed by atoms with Crippen molar-refractivity contribution in [3.8, 4) is 0 Å². The van der Waals surface area contributed by atoms with Gasteiger partial charge in [-0.2, -0.15) is 10.2 Å². The molecule has 0 bridgehead atoms. The lowest BCUT2D eigenvalue weighted by Crippen LogP contribution is -2.36. The summed E-state index contributed by atoms with van der Waals surface area (Å²) in [6, 6.07) is 0. The van der Waals surface area contributed by atoms with Crippen molar-refractivity contribution < 1.29 is 28.7 Å². The normalized spacial score (nSPS) is 26.0. The number of nitrogens with zero attached hydrogens (tertiary/aromatic N) is 2. The van der Waals surface area contributed by atoms with E-state index >= 15 is 0 Å². The Kier molecular flexibility index (Phi) is 11.3. The van der Waals surface area contributed by atoms with Crippen molar-refractivity contribution in [2.75, 3.05) is 0 Å². The lowest BCUT2D eigenvalue weighted by Gasteiger charge is -2.33. The van der Waals surface area contributed by atoms with Gasteiger partial charge in [-0.15, -0.1) is 0 Å². The first-order valence-corrected chi connectivity index (χ1v) is 19.2. The fourth-order valence-electron chi connectivity index (χ4n) is 7.77. The molecule has 0 fully saturated rings. The third kappa shape index (κ3) is 9.03. The number of ketones is 2. The van der Waals surface area contributed by atoms with Crippen LogP contribution in [0.25, 0.3) is 11.1 Å². The zero-order chi connectivity index (χ0) is 38.2. The highest BCUT2D eigenvalue weighted by molar-refractivity contribution is 5.82. The Morgan fingerprint density at radius 1 is 0.654 bits per heavy atom. The molecule has 0 spiro atoms. The maximum atomic E-state index is 12.6. The molecule has 0 aliphatic heterocycles. The number of aromatic amines is 2. The molecule has 2 aromatic rings. The summed E-state index contributed by atoms with van der Waals surface area (Å²) in [7, 11) is 0. The van der Waals surface area contributed by atoms with Gasteiger partial charge in [-0.25, -0.2) is 0 Å². The van der Waals surface area contributed by atoms with Crippen LogP contribution in [0.4, 0.5) is 0 Å². The predicted octanol–water partition coefficient (Wildman–Crippen LogP) is 8.04. The van der Waals surface area contributed by atoms with E-state index in [4.69, 9.17) is 9.47 Å². The Bertz CT molecular complexity index is 1640. The standard InChI is InChI=1S/2C21H30N2O3/c2*1-13(24)15-6-7-16-17(12-15)22-23-18(16)14-8-10-21(5,11-9-14)19(25)26-20(2,3)4/h2*8,15H,6-7,9-12H2,1-5H3,(H,22,23). The molecule has 52 heavy (non-hydrogen) atoms. The second-order valence-corrected chi connectivity index (χ2v) is 18.2. The first-order chi connectivity index (χ1) is 24.2. The lowest BCUT2D eigenvalue weighted by atomic mass is 9.75. The van der Waals surface area contributed by atoms with E-state index in [1.165, 1.54) is 22.3 Å². The maximum Gasteiger partial charge on any atom is 0.312 e. The minimum atomic E-state index is -0.465. The molecule has 4 atom stereocenters. The van der Waals surface area contributed by atoms with Crippen LogP contribution in [0.15, 0.2) is 12.2 Å². The average molecular weight is 717 g/mol. The third-order valence-electron chi connectivity index (χ3n) is 11.3. The van der Waals surface area contributed by atoms with E-state index < -0.39 is 22.0 Å². The quantitative estimate of drug-likeness (QED) is 0.286. The van der Waals surface area contributed by atoms with Gasteiger partial charge in [-0.05, 0) is 157 Å². The van der Waals surface area contributed by atoms with E-state index in [0.29, 0.717) is 12.8 Å². The summed E-state index contributed by atoms with van der Waals surface area (Å²) in [6.45, 7) is 18.8. The van der Waals surface area contributed by atoms with Gasteiger partial charge in [0.05, 0.1) is 22.2 Å². The van der Waals surface area contributed by atoms with E-state index in [0.717, 1.165) is 87.0 Å². The molecule has 4 aliphatic carbocycles. The molecular weight excluding hydrogens is 656 g/mol. The number of hydrogen-bond acceptors (Lipinski definition) is 8. The molecule has 10 heteroatoms. The Balaban J connectivity index is 0.000000201. The van der Waals surface area contributed by atoms with Crippen molar-refractivity contribution in [3.63, 3.8) is 0 Å². The molecule has 0 saturated heterocycles. The molecule has 2 N–H and O–H groups in total. The first-order valence-electron chi connectivity index (χ1n) is 19.2. The van der Waals surface area contributed by atoms with Crippen molar-refractivity contribution in [1.29, 1.82) is 0 Å². The van der Waals surface area contributed by atoms with Gasteiger partial charge < -0.3 is 9.47 Å². The Labute approximate surface area is 309 Å². The lowest BCUT2D eigenvalue weighted by molar-refractivity contribution is -0.168. The van der Waals surface area contributed by atoms with Crippen LogP contribution >= 0.6 is 0 Å². The number of rotatable bonds is 6. The Morgan fingerprint density at radius 3 is 1.31 bits per heavy atom. The zero-order valence-corrected chi connectivity index (χ0v) is 33.1. The molecule has 10 nitrogen and oxygen atoms in total. The number of carbonyl (C=O) groups excluding carboxylic acids is 4. The highest BCUT2D eigenvalue weighted by Crippen LogP contribution is 2.43. The topological polar surface area (TPSA) is 144 Å². The molecule has 0 radical (unpaired) electrons. The molecule has 0 saturated carbocycles. The SMILES string of the molecule is CC(=O)C1CCc2c(C3=CCC(C)(C(=O)OC(C)(C)C)CC3)n[nH]c2C1.CC(=O)C1CCc2c(C3=CCC(C)(C(=O)OC(C)(C)C)CC3)n[nH]c2C1. The molecule has 284 valence electrons. The number of ether oxygens (including phenoxy) is 2. The summed E-state index contributed by atoms with van der Waals surface area (Å²) in [6.07, 6.45) is 14.0. The van der Waals surface area contributed by atoms with Gasteiger partial charge in [0, 0.05) is 34.4 Å². The highest BCUT2D eigenvalue weighted by Gasteiger charge is 2.41. The van der Waals surface area contributed by atoms with E-state index in [9.17, 15) is 19.2 Å². The largest absolute Gasteiger partial charge is 0.460 e. The first kappa shape index (κ1) is 39.4. The number of allylic oxidation sites excluding steroid dienone is 4. The van der Waals surface area contributed by atoms with Crippen LogP contribution < -0.4 is 0 Å². The van der Waals surface area contributed by atoms with E-state index in [2.05, 4.69) is 32.5 Å². The van der Waals surface area contributed by atoms with Gasteiger partial charge in [-0.1, -0.05) is 12.2 Å². The van der Waals surface area contributed by atoms with Gasteiger partial charge in [-0.3, -0.25) is 29.4 Å². The number of Topliss-reactive ketones (excluding diaryl/α,β-unsaturated/α-hetero) is 2. The fourth-order valence-corrected chi connectivity index (χ4v) is 7.77. The Hall–Kier alpha value is -3.82. The summed E-state index contributed by atoms with van der Waals surface area (Å²) in [4.78, 5) is 48.4. The van der Waals surface area contributed by atoms with Crippen molar-refractivity contribution >= 4 is 34.7 Å². The molecular formula is C42H60N4O6. The summed E-state index contributed by atoms with van der Waals surface area (Å²) in [5.41, 5.74) is 7.37. The second kappa shape index (κ2) is 14.9. The van der Waals surface area contributed by atoms with Gasteiger partial charge in [0.15, 0.2) is 0 Å². The van der Waals surface area contributed by atoms with Gasteiger partial charge in [0.25, 0.3) is 0 Å². The smallest absolute Gasteiger partial charge is 0.312 e. The van der Waals surface area contributed by atoms with Crippen molar-refractivity contribution in [2.24, 2.45) is 22.7 Å². The number of nitrogens with one attached hydrogen (secondary N) is 2. The third-order valence-corrected chi connectivity index (χ3v) is 11.3. The van der Waals surface area contributed by atoms with E-state index in [1.807, 2.05) is 55.4 Å². The number of esters is 2. The molecule has 4 aliphatic rings. The predicted molar refractivity (Wildman–Crippen MR) is 201 cm³/mol. The van der Waals surface area contributed by atoms with Gasteiger partial charge in [0.2, 0.25) is 0 Å². The molecule has 0 amide bonds. The summed E-state index contributed by atoms with van der Waals surface area (Å²) in [5, 5.41) is 15.4. The van der Waals surface area contributed by atoms with Crippen LogP contribution in [0.2, 0.25) is 0 Å². The number of aromatic nitrogens is 4. The van der Waals surface area contributed by atoms with Gasteiger partial charge >= 0.3 is 11.9 Å². The van der Waals surface area contributed by atoms with Crippen LogP contribution in [0.3, 0.4) is 0 Å². The summed E-state index contributed by atoms with van der Waals surface area (Å²) in [5.74, 6) is 0.522. The summed E-state index contributed by atoms with van der Waals surface area (Å²) < 4.78 is 11.2. The van der Waals surface area contributed by atoms with Crippen LogP contribution in [0.1, 0.15) is 155 Å². The van der Waals surface area contributed by atoms with Crippen LogP contribution in [0, 0.1) is 22.7 Å². The number of hydrogen-bond donors (Lipinski definition) is 2.